The van der Waals surface area contributed by atoms with Crippen molar-refractivity contribution in [3.8, 4) is 11.5 Å². The van der Waals surface area contributed by atoms with Gasteiger partial charge in [0.2, 0.25) is 0 Å². The van der Waals surface area contributed by atoms with Gasteiger partial charge in [-0.05, 0) is 36.1 Å². The van der Waals surface area contributed by atoms with Crippen molar-refractivity contribution in [3.05, 3.63) is 23.3 Å². The molecule has 1 heterocycles. The van der Waals surface area contributed by atoms with E-state index in [1.54, 1.807) is 14.2 Å². The van der Waals surface area contributed by atoms with Crippen LogP contribution in [0.4, 0.5) is 0 Å². The molecule has 0 aliphatic carbocycles. The van der Waals surface area contributed by atoms with E-state index in [0.717, 1.165) is 43.6 Å². The summed E-state index contributed by atoms with van der Waals surface area (Å²) >= 11 is 0. The highest BCUT2D eigenvalue weighted by molar-refractivity contribution is 5.46. The maximum absolute atomic E-state index is 5.33. The predicted molar refractivity (Wildman–Crippen MR) is 72.3 cm³/mol. The molecular formula is C14H22N2O2. The van der Waals surface area contributed by atoms with Crippen LogP contribution in [-0.2, 0) is 6.54 Å². The van der Waals surface area contributed by atoms with E-state index in [1.165, 1.54) is 11.1 Å². The summed E-state index contributed by atoms with van der Waals surface area (Å²) in [5, 5.41) is 6.77. The monoisotopic (exact) mass is 250 g/mol. The van der Waals surface area contributed by atoms with Crippen LogP contribution in [-0.4, -0.2) is 33.9 Å². The van der Waals surface area contributed by atoms with Gasteiger partial charge in [0.25, 0.3) is 0 Å². The fraction of sp³-hybridized carbons (Fsp3) is 0.571. The molecule has 0 aromatic heterocycles. The molecular weight excluding hydrogens is 228 g/mol. The molecule has 0 amide bonds. The zero-order chi connectivity index (χ0) is 13.0. The molecule has 0 radical (unpaired) electrons. The number of ether oxygens (including phenoxy) is 2. The largest absolute Gasteiger partial charge is 0.493 e. The Morgan fingerprint density at radius 2 is 1.89 bits per heavy atom. The fourth-order valence-corrected chi connectivity index (χ4v) is 2.12. The molecule has 0 saturated carbocycles. The van der Waals surface area contributed by atoms with Gasteiger partial charge in [0, 0.05) is 26.2 Å². The molecule has 1 fully saturated rings. The summed E-state index contributed by atoms with van der Waals surface area (Å²) in [7, 11) is 3.34. The summed E-state index contributed by atoms with van der Waals surface area (Å²) in [6.45, 7) is 6.32. The number of aryl methyl sites for hydroxylation is 1. The quantitative estimate of drug-likeness (QED) is 0.799. The van der Waals surface area contributed by atoms with Crippen LogP contribution in [0.25, 0.3) is 0 Å². The zero-order valence-corrected chi connectivity index (χ0v) is 11.4. The van der Waals surface area contributed by atoms with Crippen LogP contribution >= 0.6 is 0 Å². The molecule has 4 heteroatoms. The summed E-state index contributed by atoms with van der Waals surface area (Å²) in [6.07, 6.45) is 0. The third-order valence-corrected chi connectivity index (χ3v) is 3.46. The van der Waals surface area contributed by atoms with Gasteiger partial charge in [0.1, 0.15) is 0 Å². The lowest BCUT2D eigenvalue weighted by Gasteiger charge is -2.27. The minimum Gasteiger partial charge on any atom is -0.493 e. The maximum atomic E-state index is 5.33. The van der Waals surface area contributed by atoms with Gasteiger partial charge in [-0.15, -0.1) is 0 Å². The van der Waals surface area contributed by atoms with E-state index in [4.69, 9.17) is 9.47 Å². The molecule has 1 aromatic carbocycles. The first-order chi connectivity index (χ1) is 8.74. The van der Waals surface area contributed by atoms with E-state index >= 15 is 0 Å². The van der Waals surface area contributed by atoms with E-state index in [9.17, 15) is 0 Å². The molecule has 2 N–H and O–H groups in total. The van der Waals surface area contributed by atoms with Crippen LogP contribution in [0.2, 0.25) is 0 Å². The van der Waals surface area contributed by atoms with Gasteiger partial charge >= 0.3 is 0 Å². The molecule has 0 unspecified atom stereocenters. The molecule has 2 rings (SSSR count). The number of benzene rings is 1. The Labute approximate surface area is 109 Å². The Morgan fingerprint density at radius 3 is 2.44 bits per heavy atom. The lowest BCUT2D eigenvalue weighted by atomic mass is 10.0. The van der Waals surface area contributed by atoms with Crippen LogP contribution < -0.4 is 20.1 Å². The minimum absolute atomic E-state index is 0.783. The number of hydrogen-bond donors (Lipinski definition) is 2. The van der Waals surface area contributed by atoms with Crippen LogP contribution in [0.15, 0.2) is 12.1 Å². The van der Waals surface area contributed by atoms with Gasteiger partial charge in [-0.3, -0.25) is 0 Å². The second-order valence-corrected chi connectivity index (χ2v) is 4.79. The van der Waals surface area contributed by atoms with E-state index in [1.807, 2.05) is 6.07 Å². The molecule has 0 spiro atoms. The van der Waals surface area contributed by atoms with Crippen LogP contribution in [0.3, 0.4) is 0 Å². The standard InChI is InChI=1S/C14H22N2O2/c1-10-4-13(17-2)14(18-3)5-12(10)9-16-8-11-6-15-7-11/h4-5,11,15-16H,6-9H2,1-3H3. The smallest absolute Gasteiger partial charge is 0.161 e. The van der Waals surface area contributed by atoms with Crippen molar-refractivity contribution in [2.45, 2.75) is 13.5 Å². The van der Waals surface area contributed by atoms with Crippen molar-refractivity contribution in [2.75, 3.05) is 33.9 Å². The third-order valence-electron chi connectivity index (χ3n) is 3.46. The SMILES string of the molecule is COc1cc(C)c(CNCC2CNC2)cc1OC. The van der Waals surface area contributed by atoms with Crippen molar-refractivity contribution >= 4 is 0 Å². The number of hydrogen-bond acceptors (Lipinski definition) is 4. The molecule has 1 aliphatic rings. The highest BCUT2D eigenvalue weighted by Crippen LogP contribution is 2.30. The van der Waals surface area contributed by atoms with Crippen molar-refractivity contribution in [1.29, 1.82) is 0 Å². The molecule has 18 heavy (non-hydrogen) atoms. The Morgan fingerprint density at radius 1 is 1.22 bits per heavy atom. The highest BCUT2D eigenvalue weighted by Gasteiger charge is 2.16. The first-order valence-corrected chi connectivity index (χ1v) is 6.37. The lowest BCUT2D eigenvalue weighted by Crippen LogP contribution is -2.47. The van der Waals surface area contributed by atoms with Crippen molar-refractivity contribution in [1.82, 2.24) is 10.6 Å². The normalized spacial score (nSPS) is 15.3. The maximum Gasteiger partial charge on any atom is 0.161 e. The Kier molecular flexibility index (Phi) is 4.44. The molecule has 4 nitrogen and oxygen atoms in total. The second-order valence-electron chi connectivity index (χ2n) is 4.79. The van der Waals surface area contributed by atoms with Gasteiger partial charge in [0.05, 0.1) is 14.2 Å². The van der Waals surface area contributed by atoms with Crippen molar-refractivity contribution in [3.63, 3.8) is 0 Å². The Bertz CT molecular complexity index is 403. The number of methoxy groups -OCH3 is 2. The average Bonchev–Trinajstić information content (AvgIpc) is 2.33. The van der Waals surface area contributed by atoms with Gasteiger partial charge in [-0.1, -0.05) is 0 Å². The predicted octanol–water partition coefficient (Wildman–Crippen LogP) is 1.32. The van der Waals surface area contributed by atoms with Gasteiger partial charge in [-0.2, -0.15) is 0 Å². The molecule has 1 saturated heterocycles. The number of nitrogens with one attached hydrogen (secondary N) is 2. The van der Waals surface area contributed by atoms with E-state index in [0.29, 0.717) is 0 Å². The van der Waals surface area contributed by atoms with E-state index < -0.39 is 0 Å². The summed E-state index contributed by atoms with van der Waals surface area (Å²) < 4.78 is 10.6. The number of rotatable bonds is 6. The van der Waals surface area contributed by atoms with E-state index in [-0.39, 0.29) is 0 Å². The zero-order valence-electron chi connectivity index (χ0n) is 11.4. The minimum atomic E-state index is 0.783. The average molecular weight is 250 g/mol. The summed E-state index contributed by atoms with van der Waals surface area (Å²) in [5.41, 5.74) is 2.49. The van der Waals surface area contributed by atoms with Crippen LogP contribution in [0.5, 0.6) is 11.5 Å². The van der Waals surface area contributed by atoms with Crippen molar-refractivity contribution < 1.29 is 9.47 Å². The Hall–Kier alpha value is -1.26. The second kappa shape index (κ2) is 6.07. The topological polar surface area (TPSA) is 42.5 Å². The summed E-state index contributed by atoms with van der Waals surface area (Å²) in [5.74, 6) is 2.37. The lowest BCUT2D eigenvalue weighted by molar-refractivity contribution is 0.330. The van der Waals surface area contributed by atoms with Crippen LogP contribution in [0, 0.1) is 12.8 Å². The third kappa shape index (κ3) is 2.94. The van der Waals surface area contributed by atoms with Gasteiger partial charge in [-0.25, -0.2) is 0 Å². The first kappa shape index (κ1) is 13.2. The molecule has 0 bridgehead atoms. The van der Waals surface area contributed by atoms with Crippen molar-refractivity contribution in [2.24, 2.45) is 5.92 Å². The first-order valence-electron chi connectivity index (χ1n) is 6.37. The van der Waals surface area contributed by atoms with Gasteiger partial charge < -0.3 is 20.1 Å². The molecule has 1 aliphatic heterocycles. The Balaban J connectivity index is 1.97. The molecule has 1 aromatic rings. The summed E-state index contributed by atoms with van der Waals surface area (Å²) in [4.78, 5) is 0. The fourth-order valence-electron chi connectivity index (χ4n) is 2.12. The molecule has 0 atom stereocenters. The van der Waals surface area contributed by atoms with E-state index in [2.05, 4.69) is 23.6 Å². The molecule has 100 valence electrons. The van der Waals surface area contributed by atoms with Gasteiger partial charge in [0.15, 0.2) is 11.5 Å². The highest BCUT2D eigenvalue weighted by atomic mass is 16.5. The van der Waals surface area contributed by atoms with Crippen LogP contribution in [0.1, 0.15) is 11.1 Å². The summed E-state index contributed by atoms with van der Waals surface area (Å²) in [6, 6.07) is 4.08.